The third-order valence-corrected chi connectivity index (χ3v) is 1.77. The average molecular weight is 285 g/mol. The van der Waals surface area contributed by atoms with Crippen LogP contribution in [0.2, 0.25) is 0 Å². The van der Waals surface area contributed by atoms with Crippen LogP contribution < -0.4 is 0 Å². The molecule has 0 amide bonds. The highest BCUT2D eigenvalue weighted by molar-refractivity contribution is 9.10. The largest absolute Gasteiger partial charge is 0.673 e. The van der Waals surface area contributed by atoms with Crippen molar-refractivity contribution in [1.29, 1.82) is 5.39 Å². The van der Waals surface area contributed by atoms with Gasteiger partial charge in [0.2, 0.25) is 5.39 Å². The number of halogens is 5. The third kappa shape index (κ3) is 7.94. The fourth-order valence-electron chi connectivity index (χ4n) is 0.690. The van der Waals surface area contributed by atoms with Gasteiger partial charge in [0.1, 0.15) is 0 Å². The Morgan fingerprint density at radius 2 is 1.73 bits per heavy atom. The maximum atomic E-state index is 9.75. The Morgan fingerprint density at radius 3 is 2.07 bits per heavy atom. The van der Waals surface area contributed by atoms with E-state index in [0.29, 0.717) is 5.69 Å². The number of benzene rings is 1. The highest BCUT2D eigenvalue weighted by Gasteiger charge is 2.20. The molecule has 0 N–H and O–H groups in total. The lowest BCUT2D eigenvalue weighted by molar-refractivity contribution is 0.368. The molecule has 0 heterocycles. The minimum Gasteiger partial charge on any atom is -0.418 e. The molecular formula is C7H6BBrF4N2. The van der Waals surface area contributed by atoms with Gasteiger partial charge in [-0.1, -0.05) is 22.0 Å². The summed E-state index contributed by atoms with van der Waals surface area (Å²) in [7, 11) is -6.00. The quantitative estimate of drug-likeness (QED) is 0.390. The van der Waals surface area contributed by atoms with Crippen LogP contribution >= 0.6 is 15.9 Å². The Hall–Kier alpha value is -1.10. The van der Waals surface area contributed by atoms with E-state index in [9.17, 15) is 17.3 Å². The molecule has 82 valence electrons. The van der Waals surface area contributed by atoms with Gasteiger partial charge in [0, 0.05) is 16.1 Å². The highest BCUT2D eigenvalue weighted by atomic mass is 79.9. The standard InChI is InChI=1S/C7H6BrN2.BF4/c1-5-2-3-6(8)4-7(5)10-9;2-1(3,4)5/h2-4H,1H3;/q+1;-1. The molecule has 8 heteroatoms. The lowest BCUT2D eigenvalue weighted by Gasteiger charge is -1.94. The summed E-state index contributed by atoms with van der Waals surface area (Å²) in [4.78, 5) is 3.10. The number of hydrogen-bond acceptors (Lipinski definition) is 1. The van der Waals surface area contributed by atoms with Crippen LogP contribution in [0.3, 0.4) is 0 Å². The van der Waals surface area contributed by atoms with Gasteiger partial charge in [0.25, 0.3) is 0 Å². The van der Waals surface area contributed by atoms with Crippen LogP contribution in [-0.4, -0.2) is 7.25 Å². The van der Waals surface area contributed by atoms with E-state index in [4.69, 9.17) is 5.39 Å². The second-order valence-corrected chi connectivity index (χ2v) is 3.44. The molecule has 0 unspecified atom stereocenters. The zero-order chi connectivity index (χ0) is 12.1. The maximum absolute atomic E-state index is 9.75. The molecule has 1 aromatic carbocycles. The summed E-state index contributed by atoms with van der Waals surface area (Å²) in [6.07, 6.45) is 0. The molecule has 1 rings (SSSR count). The fourth-order valence-corrected chi connectivity index (χ4v) is 1.04. The summed E-state index contributed by atoms with van der Waals surface area (Å²) in [6.45, 7) is 1.89. The van der Waals surface area contributed by atoms with Crippen LogP contribution in [0.15, 0.2) is 22.7 Å². The van der Waals surface area contributed by atoms with E-state index in [1.807, 2.05) is 19.1 Å². The Balaban J connectivity index is 0.000000336. The molecule has 0 radical (unpaired) electrons. The number of diazo groups is 1. The molecule has 0 spiro atoms. The Labute approximate surface area is 92.1 Å². The Bertz CT molecular complexity index is 368. The van der Waals surface area contributed by atoms with E-state index in [1.165, 1.54) is 0 Å². The lowest BCUT2D eigenvalue weighted by atomic mass is 10.2. The molecule has 15 heavy (non-hydrogen) atoms. The van der Waals surface area contributed by atoms with Crippen molar-refractivity contribution in [3.05, 3.63) is 33.2 Å². The van der Waals surface area contributed by atoms with Crippen LogP contribution in [0, 0.1) is 12.3 Å². The summed E-state index contributed by atoms with van der Waals surface area (Å²) >= 11 is 3.27. The van der Waals surface area contributed by atoms with Gasteiger partial charge in [-0.05, 0) is 13.0 Å². The molecule has 2 nitrogen and oxygen atoms in total. The molecule has 0 aliphatic carbocycles. The van der Waals surface area contributed by atoms with E-state index in [0.717, 1.165) is 10.0 Å². The second-order valence-electron chi connectivity index (χ2n) is 2.53. The zero-order valence-corrected chi connectivity index (χ0v) is 9.18. The molecule has 1 aromatic rings. The van der Waals surface area contributed by atoms with Gasteiger partial charge in [-0.25, -0.2) is 0 Å². The van der Waals surface area contributed by atoms with Crippen LogP contribution in [0.4, 0.5) is 23.0 Å². The van der Waals surface area contributed by atoms with Gasteiger partial charge < -0.3 is 17.3 Å². The van der Waals surface area contributed by atoms with Gasteiger partial charge in [-0.3, -0.25) is 0 Å². The summed E-state index contributed by atoms with van der Waals surface area (Å²) in [5, 5.41) is 8.45. The van der Waals surface area contributed by atoms with E-state index < -0.39 is 7.25 Å². The maximum Gasteiger partial charge on any atom is 0.673 e. The van der Waals surface area contributed by atoms with Gasteiger partial charge in [0.05, 0.1) is 0 Å². The summed E-state index contributed by atoms with van der Waals surface area (Å²) in [5.74, 6) is 0. The van der Waals surface area contributed by atoms with Crippen LogP contribution in [0.25, 0.3) is 4.98 Å². The minimum absolute atomic E-state index is 0.606. The van der Waals surface area contributed by atoms with Crippen molar-refractivity contribution < 1.29 is 17.3 Å². The minimum atomic E-state index is -6.00. The van der Waals surface area contributed by atoms with Crippen LogP contribution in [0.1, 0.15) is 5.56 Å². The summed E-state index contributed by atoms with van der Waals surface area (Å²) in [5.41, 5.74) is 1.57. The van der Waals surface area contributed by atoms with Crippen molar-refractivity contribution in [3.8, 4) is 0 Å². The van der Waals surface area contributed by atoms with Crippen molar-refractivity contribution in [2.45, 2.75) is 6.92 Å². The smallest absolute Gasteiger partial charge is 0.418 e. The average Bonchev–Trinajstić information content (AvgIpc) is 2.06. The first kappa shape index (κ1) is 13.9. The molecule has 0 aliphatic rings. The van der Waals surface area contributed by atoms with E-state index >= 15 is 0 Å². The molecular weight excluding hydrogens is 279 g/mol. The van der Waals surface area contributed by atoms with Crippen LogP contribution in [-0.2, 0) is 0 Å². The van der Waals surface area contributed by atoms with Crippen molar-refractivity contribution in [2.75, 3.05) is 0 Å². The van der Waals surface area contributed by atoms with Crippen molar-refractivity contribution in [2.24, 2.45) is 0 Å². The monoisotopic (exact) mass is 284 g/mol. The number of aryl methyl sites for hydroxylation is 1. The first-order valence-corrected chi connectivity index (χ1v) is 4.52. The van der Waals surface area contributed by atoms with Gasteiger partial charge in [-0.2, -0.15) is 0 Å². The van der Waals surface area contributed by atoms with Crippen molar-refractivity contribution in [3.63, 3.8) is 0 Å². The van der Waals surface area contributed by atoms with Crippen LogP contribution in [0.5, 0.6) is 0 Å². The third-order valence-electron chi connectivity index (χ3n) is 1.28. The van der Waals surface area contributed by atoms with Gasteiger partial charge in [0.15, 0.2) is 4.98 Å². The van der Waals surface area contributed by atoms with Gasteiger partial charge in [-0.15, -0.1) is 0 Å². The fraction of sp³-hybridized carbons (Fsp3) is 0.143. The van der Waals surface area contributed by atoms with Crippen molar-refractivity contribution >= 4 is 28.9 Å². The zero-order valence-electron chi connectivity index (χ0n) is 7.59. The number of nitrogens with zero attached hydrogens (tertiary/aromatic N) is 2. The number of hydrogen-bond donors (Lipinski definition) is 0. The Morgan fingerprint density at radius 1 is 1.27 bits per heavy atom. The Kier molecular flexibility index (Phi) is 5.29. The first-order valence-electron chi connectivity index (χ1n) is 3.72. The topological polar surface area (TPSA) is 28.1 Å². The molecule has 0 fully saturated rings. The highest BCUT2D eigenvalue weighted by Crippen LogP contribution is 2.22. The van der Waals surface area contributed by atoms with E-state index in [1.54, 1.807) is 6.07 Å². The van der Waals surface area contributed by atoms with E-state index in [-0.39, 0.29) is 0 Å². The van der Waals surface area contributed by atoms with E-state index in [2.05, 4.69) is 20.9 Å². The normalized spacial score (nSPS) is 9.93. The number of rotatable bonds is 0. The molecule has 0 saturated heterocycles. The molecule has 0 saturated carbocycles. The predicted molar refractivity (Wildman–Crippen MR) is 53.8 cm³/mol. The lowest BCUT2D eigenvalue weighted by Crippen LogP contribution is -2.02. The summed E-state index contributed by atoms with van der Waals surface area (Å²) in [6, 6.07) is 5.55. The molecule has 0 atom stereocenters. The molecule has 0 aromatic heterocycles. The summed E-state index contributed by atoms with van der Waals surface area (Å²) < 4.78 is 39.9. The van der Waals surface area contributed by atoms with Crippen molar-refractivity contribution in [1.82, 2.24) is 0 Å². The molecule has 0 bridgehead atoms. The SMILES string of the molecule is Cc1ccc(Br)cc1[N+]#N.F[B-](F)(F)F. The van der Waals surface area contributed by atoms with Gasteiger partial charge >= 0.3 is 12.9 Å². The predicted octanol–water partition coefficient (Wildman–Crippen LogP) is 4.54. The molecule has 0 aliphatic heterocycles. The second kappa shape index (κ2) is 5.71. The first-order chi connectivity index (χ1) is 6.74.